The number of nitrogens with zero attached hydrogens (tertiary/aromatic N) is 2. The van der Waals surface area contributed by atoms with Crippen LogP contribution in [-0.4, -0.2) is 16.1 Å². The van der Waals surface area contributed by atoms with Gasteiger partial charge in [0, 0.05) is 0 Å². The Balaban J connectivity index is 2.58. The molecule has 0 aromatic carbocycles. The van der Waals surface area contributed by atoms with Crippen LogP contribution >= 0.6 is 11.6 Å². The molecule has 0 saturated carbocycles. The Morgan fingerprint density at radius 3 is 2.69 bits per heavy atom. The molecule has 0 aliphatic heterocycles. The molecule has 0 fully saturated rings. The Morgan fingerprint density at radius 2 is 2.23 bits per heavy atom. The summed E-state index contributed by atoms with van der Waals surface area (Å²) in [5.41, 5.74) is 0.762. The van der Waals surface area contributed by atoms with Crippen LogP contribution in [0.2, 0.25) is 0 Å². The summed E-state index contributed by atoms with van der Waals surface area (Å²) < 4.78 is 5.45. The molecule has 0 radical (unpaired) electrons. The Labute approximate surface area is 83.1 Å². The van der Waals surface area contributed by atoms with Crippen molar-refractivity contribution >= 4 is 11.6 Å². The summed E-state index contributed by atoms with van der Waals surface area (Å²) in [6, 6.07) is 0. The van der Waals surface area contributed by atoms with Crippen LogP contribution in [0.25, 0.3) is 0 Å². The predicted octanol–water partition coefficient (Wildman–Crippen LogP) is 2.39. The zero-order valence-electron chi connectivity index (χ0n) is 7.83. The first-order chi connectivity index (χ1) is 6.26. The molecule has 0 bridgehead atoms. The maximum absolute atomic E-state index is 5.57. The van der Waals surface area contributed by atoms with Crippen LogP contribution in [0.4, 0.5) is 0 Å². The van der Waals surface area contributed by atoms with Gasteiger partial charge in [-0.3, -0.25) is 4.98 Å². The normalized spacial score (nSPS) is 12.5. The second-order valence-electron chi connectivity index (χ2n) is 2.82. The lowest BCUT2D eigenvalue weighted by Crippen LogP contribution is -2.11. The van der Waals surface area contributed by atoms with Gasteiger partial charge >= 0.3 is 0 Å². The fourth-order valence-electron chi connectivity index (χ4n) is 0.762. The summed E-state index contributed by atoms with van der Waals surface area (Å²) >= 11 is 5.57. The van der Waals surface area contributed by atoms with Gasteiger partial charge in [-0.05, 0) is 13.3 Å². The molecule has 72 valence electrons. The van der Waals surface area contributed by atoms with Crippen LogP contribution in [0.1, 0.15) is 26.0 Å². The third kappa shape index (κ3) is 3.19. The van der Waals surface area contributed by atoms with E-state index in [4.69, 9.17) is 16.3 Å². The van der Waals surface area contributed by atoms with Crippen LogP contribution < -0.4 is 4.74 Å². The van der Waals surface area contributed by atoms with E-state index in [9.17, 15) is 0 Å². The number of hydrogen-bond acceptors (Lipinski definition) is 3. The first-order valence-electron chi connectivity index (χ1n) is 4.29. The molecule has 3 nitrogen and oxygen atoms in total. The van der Waals surface area contributed by atoms with Crippen LogP contribution in [-0.2, 0) is 5.88 Å². The molecule has 4 heteroatoms. The van der Waals surface area contributed by atoms with Gasteiger partial charge in [-0.25, -0.2) is 4.98 Å². The highest BCUT2D eigenvalue weighted by Crippen LogP contribution is 2.08. The van der Waals surface area contributed by atoms with E-state index in [1.165, 1.54) is 0 Å². The molecule has 0 aliphatic carbocycles. The van der Waals surface area contributed by atoms with Gasteiger partial charge in [0.2, 0.25) is 5.88 Å². The molecule has 0 N–H and O–H groups in total. The monoisotopic (exact) mass is 200 g/mol. The molecule has 13 heavy (non-hydrogen) atoms. The molecule has 1 rings (SSSR count). The van der Waals surface area contributed by atoms with Crippen LogP contribution in [0.3, 0.4) is 0 Å². The van der Waals surface area contributed by atoms with Crippen molar-refractivity contribution in [1.29, 1.82) is 0 Å². The van der Waals surface area contributed by atoms with Crippen LogP contribution in [0.5, 0.6) is 5.88 Å². The van der Waals surface area contributed by atoms with Gasteiger partial charge in [0.05, 0.1) is 30.1 Å². The molecule has 0 saturated heterocycles. The number of aromatic nitrogens is 2. The van der Waals surface area contributed by atoms with E-state index in [-0.39, 0.29) is 6.10 Å². The molecular weight excluding hydrogens is 188 g/mol. The largest absolute Gasteiger partial charge is 0.474 e. The highest BCUT2D eigenvalue weighted by Gasteiger charge is 2.02. The minimum atomic E-state index is 0.177. The van der Waals surface area contributed by atoms with Gasteiger partial charge in [-0.1, -0.05) is 6.92 Å². The number of hydrogen-bond donors (Lipinski definition) is 0. The molecule has 1 unspecified atom stereocenters. The second-order valence-corrected chi connectivity index (χ2v) is 3.08. The Hall–Kier alpha value is -0.830. The molecule has 0 spiro atoms. The summed E-state index contributed by atoms with van der Waals surface area (Å²) in [5, 5.41) is 0. The van der Waals surface area contributed by atoms with E-state index in [1.54, 1.807) is 12.4 Å². The van der Waals surface area contributed by atoms with E-state index < -0.39 is 0 Å². The second kappa shape index (κ2) is 5.02. The van der Waals surface area contributed by atoms with Gasteiger partial charge in [-0.2, -0.15) is 0 Å². The average Bonchev–Trinajstić information content (AvgIpc) is 2.19. The van der Waals surface area contributed by atoms with E-state index >= 15 is 0 Å². The van der Waals surface area contributed by atoms with Gasteiger partial charge in [0.1, 0.15) is 0 Å². The molecule has 0 aliphatic rings. The quantitative estimate of drug-likeness (QED) is 0.701. The van der Waals surface area contributed by atoms with Crippen LogP contribution in [0, 0.1) is 0 Å². The molecular formula is C9H13ClN2O. The highest BCUT2D eigenvalue weighted by atomic mass is 35.5. The first-order valence-corrected chi connectivity index (χ1v) is 4.83. The Kier molecular flexibility index (Phi) is 3.96. The zero-order chi connectivity index (χ0) is 9.68. The number of halogens is 1. The standard InChI is InChI=1S/C9H13ClN2O/c1-3-7(2)13-9-6-11-8(4-10)5-12-9/h5-7H,3-4H2,1-2H3. The van der Waals surface area contributed by atoms with Gasteiger partial charge in [0.25, 0.3) is 0 Å². The number of rotatable bonds is 4. The van der Waals surface area contributed by atoms with Gasteiger partial charge in [-0.15, -0.1) is 11.6 Å². The Morgan fingerprint density at radius 1 is 1.46 bits per heavy atom. The SMILES string of the molecule is CCC(C)Oc1cnc(CCl)cn1. The molecule has 0 amide bonds. The van der Waals surface area contributed by atoms with Crippen LogP contribution in [0.15, 0.2) is 12.4 Å². The van der Waals surface area contributed by atoms with Crippen molar-refractivity contribution in [1.82, 2.24) is 9.97 Å². The maximum atomic E-state index is 5.57. The summed E-state index contributed by atoms with van der Waals surface area (Å²) in [5.74, 6) is 0.944. The first kappa shape index (κ1) is 10.3. The van der Waals surface area contributed by atoms with E-state index in [1.807, 2.05) is 6.92 Å². The smallest absolute Gasteiger partial charge is 0.232 e. The van der Waals surface area contributed by atoms with Gasteiger partial charge < -0.3 is 4.74 Å². The Bertz CT molecular complexity index is 250. The topological polar surface area (TPSA) is 35.0 Å². The minimum absolute atomic E-state index is 0.177. The van der Waals surface area contributed by atoms with E-state index in [2.05, 4.69) is 16.9 Å². The lowest BCUT2D eigenvalue weighted by atomic mass is 10.3. The van der Waals surface area contributed by atoms with Crippen molar-refractivity contribution in [2.24, 2.45) is 0 Å². The van der Waals surface area contributed by atoms with Gasteiger partial charge in [0.15, 0.2) is 0 Å². The summed E-state index contributed by atoms with van der Waals surface area (Å²) in [4.78, 5) is 8.13. The fraction of sp³-hybridized carbons (Fsp3) is 0.556. The van der Waals surface area contributed by atoms with E-state index in [0.29, 0.717) is 11.8 Å². The van der Waals surface area contributed by atoms with Crippen molar-refractivity contribution < 1.29 is 4.74 Å². The fourth-order valence-corrected chi connectivity index (χ4v) is 0.900. The van der Waals surface area contributed by atoms with E-state index in [0.717, 1.165) is 12.1 Å². The molecule has 1 aromatic rings. The third-order valence-electron chi connectivity index (χ3n) is 1.72. The predicted molar refractivity (Wildman–Crippen MR) is 52.0 cm³/mol. The summed E-state index contributed by atoms with van der Waals surface area (Å²) in [6.07, 6.45) is 4.37. The zero-order valence-corrected chi connectivity index (χ0v) is 8.58. The number of ether oxygens (including phenoxy) is 1. The van der Waals surface area contributed by atoms with Crippen molar-refractivity contribution in [2.45, 2.75) is 32.3 Å². The summed E-state index contributed by atoms with van der Waals surface area (Å²) in [6.45, 7) is 4.06. The van der Waals surface area contributed by atoms with Crippen molar-refractivity contribution in [3.63, 3.8) is 0 Å². The maximum Gasteiger partial charge on any atom is 0.232 e. The average molecular weight is 201 g/mol. The van der Waals surface area contributed by atoms with Crippen molar-refractivity contribution in [3.8, 4) is 5.88 Å². The highest BCUT2D eigenvalue weighted by molar-refractivity contribution is 6.16. The number of alkyl halides is 1. The van der Waals surface area contributed by atoms with Crippen molar-refractivity contribution in [2.75, 3.05) is 0 Å². The molecule has 1 aromatic heterocycles. The van der Waals surface area contributed by atoms with Crippen molar-refractivity contribution in [3.05, 3.63) is 18.1 Å². The lowest BCUT2D eigenvalue weighted by Gasteiger charge is -2.10. The minimum Gasteiger partial charge on any atom is -0.474 e. The third-order valence-corrected chi connectivity index (χ3v) is 1.99. The summed E-state index contributed by atoms with van der Waals surface area (Å²) in [7, 11) is 0. The lowest BCUT2D eigenvalue weighted by molar-refractivity contribution is 0.207. The molecule has 1 atom stereocenters. The molecule has 1 heterocycles.